The molecule has 0 aliphatic carbocycles. The molecule has 0 saturated heterocycles. The van der Waals surface area contributed by atoms with Crippen molar-refractivity contribution >= 4 is 5.69 Å². The van der Waals surface area contributed by atoms with Crippen molar-refractivity contribution in [3.8, 4) is 0 Å². The van der Waals surface area contributed by atoms with Gasteiger partial charge in [0.15, 0.2) is 0 Å². The number of methoxy groups -OCH3 is 1. The summed E-state index contributed by atoms with van der Waals surface area (Å²) in [6.45, 7) is 2.63. The highest BCUT2D eigenvalue weighted by molar-refractivity contribution is 5.44. The van der Waals surface area contributed by atoms with Gasteiger partial charge in [0.25, 0.3) is 0 Å². The Morgan fingerprint density at radius 3 is 2.91 bits per heavy atom. The molecule has 1 aromatic rings. The van der Waals surface area contributed by atoms with E-state index in [2.05, 4.69) is 24.4 Å². The lowest BCUT2D eigenvalue weighted by molar-refractivity contribution is 0.221. The fourth-order valence-electron chi connectivity index (χ4n) is 0.911. The van der Waals surface area contributed by atoms with Gasteiger partial charge in [-0.25, -0.2) is 0 Å². The highest BCUT2D eigenvalue weighted by Gasteiger charge is 1.88. The van der Waals surface area contributed by atoms with E-state index in [-0.39, 0.29) is 0 Å². The van der Waals surface area contributed by atoms with Gasteiger partial charge in [0.1, 0.15) is 6.73 Å². The fraction of sp³-hybridized carbons (Fsp3) is 0.333. The molecule has 1 rings (SSSR count). The number of hydrogen-bond donors (Lipinski definition) is 1. The number of hydrogen-bond acceptors (Lipinski definition) is 2. The van der Waals surface area contributed by atoms with Gasteiger partial charge < -0.3 is 10.1 Å². The predicted octanol–water partition coefficient (Wildman–Crippen LogP) is 2.01. The van der Waals surface area contributed by atoms with Gasteiger partial charge in [-0.05, 0) is 24.6 Å². The molecule has 0 heterocycles. The van der Waals surface area contributed by atoms with Gasteiger partial charge >= 0.3 is 0 Å². The van der Waals surface area contributed by atoms with Crippen molar-refractivity contribution in [2.24, 2.45) is 0 Å². The molecular weight excluding hydrogens is 138 g/mol. The van der Waals surface area contributed by atoms with Gasteiger partial charge in [-0.15, -0.1) is 0 Å². The number of benzene rings is 1. The quantitative estimate of drug-likeness (QED) is 0.667. The minimum Gasteiger partial charge on any atom is -0.365 e. The zero-order chi connectivity index (χ0) is 8.10. The Morgan fingerprint density at radius 2 is 2.27 bits per heavy atom. The average Bonchev–Trinajstić information content (AvgIpc) is 2.01. The summed E-state index contributed by atoms with van der Waals surface area (Å²) in [5.41, 5.74) is 2.36. The lowest BCUT2D eigenvalue weighted by atomic mass is 10.2. The van der Waals surface area contributed by atoms with Crippen molar-refractivity contribution in [3.05, 3.63) is 29.8 Å². The van der Waals surface area contributed by atoms with Crippen molar-refractivity contribution < 1.29 is 4.74 Å². The third-order valence-corrected chi connectivity index (χ3v) is 1.44. The molecule has 0 fully saturated rings. The third kappa shape index (κ3) is 2.60. The minimum atomic E-state index is 0.559. The summed E-state index contributed by atoms with van der Waals surface area (Å²) in [7, 11) is 1.67. The molecule has 11 heavy (non-hydrogen) atoms. The number of rotatable bonds is 3. The van der Waals surface area contributed by atoms with Crippen LogP contribution in [-0.4, -0.2) is 13.8 Å². The Balaban J connectivity index is 2.56. The smallest absolute Gasteiger partial charge is 0.116 e. The van der Waals surface area contributed by atoms with Gasteiger partial charge in [0.05, 0.1) is 0 Å². The van der Waals surface area contributed by atoms with Gasteiger partial charge in [-0.1, -0.05) is 12.1 Å². The highest BCUT2D eigenvalue weighted by atomic mass is 16.5. The van der Waals surface area contributed by atoms with Crippen LogP contribution in [0.2, 0.25) is 0 Å². The Labute approximate surface area is 67.2 Å². The summed E-state index contributed by atoms with van der Waals surface area (Å²) in [6.07, 6.45) is 0. The number of anilines is 1. The zero-order valence-corrected chi connectivity index (χ0v) is 6.92. The first-order valence-corrected chi connectivity index (χ1v) is 3.62. The molecule has 2 heteroatoms. The molecule has 1 N–H and O–H groups in total. The average molecular weight is 151 g/mol. The van der Waals surface area contributed by atoms with Crippen molar-refractivity contribution in [1.29, 1.82) is 0 Å². The van der Waals surface area contributed by atoms with E-state index in [1.54, 1.807) is 7.11 Å². The first-order valence-electron chi connectivity index (χ1n) is 3.62. The van der Waals surface area contributed by atoms with Gasteiger partial charge in [0.2, 0.25) is 0 Å². The molecule has 0 aromatic heterocycles. The molecule has 0 aliphatic heterocycles. The molecule has 0 saturated carbocycles. The van der Waals surface area contributed by atoms with E-state index >= 15 is 0 Å². The van der Waals surface area contributed by atoms with Crippen molar-refractivity contribution in [1.82, 2.24) is 0 Å². The fourth-order valence-corrected chi connectivity index (χ4v) is 0.911. The number of nitrogens with one attached hydrogen (secondary N) is 1. The Kier molecular flexibility index (Phi) is 2.93. The Hall–Kier alpha value is -1.02. The van der Waals surface area contributed by atoms with Crippen molar-refractivity contribution in [2.45, 2.75) is 6.92 Å². The van der Waals surface area contributed by atoms with E-state index in [1.165, 1.54) is 5.56 Å². The Morgan fingerprint density at radius 1 is 1.45 bits per heavy atom. The maximum absolute atomic E-state index is 4.87. The summed E-state index contributed by atoms with van der Waals surface area (Å²) >= 11 is 0. The van der Waals surface area contributed by atoms with Crippen LogP contribution in [0.3, 0.4) is 0 Å². The molecule has 0 unspecified atom stereocenters. The normalized spacial score (nSPS) is 9.64. The van der Waals surface area contributed by atoms with Crippen LogP contribution in [0.25, 0.3) is 0 Å². The molecule has 0 aliphatic rings. The van der Waals surface area contributed by atoms with Crippen LogP contribution in [0.5, 0.6) is 0 Å². The zero-order valence-electron chi connectivity index (χ0n) is 6.92. The minimum absolute atomic E-state index is 0.559. The topological polar surface area (TPSA) is 21.3 Å². The standard InChI is InChI=1S/C9H13NO/c1-8-4-3-5-9(6-8)10-7-11-2/h3-6,10H,7H2,1-2H3. The van der Waals surface area contributed by atoms with Gasteiger partial charge in [-0.2, -0.15) is 0 Å². The second-order valence-corrected chi connectivity index (χ2v) is 2.48. The van der Waals surface area contributed by atoms with E-state index in [9.17, 15) is 0 Å². The number of aryl methyl sites for hydroxylation is 1. The molecule has 0 amide bonds. The van der Waals surface area contributed by atoms with Gasteiger partial charge in [-0.3, -0.25) is 0 Å². The van der Waals surface area contributed by atoms with E-state index in [4.69, 9.17) is 4.74 Å². The van der Waals surface area contributed by atoms with E-state index in [0.717, 1.165) is 5.69 Å². The highest BCUT2D eigenvalue weighted by Crippen LogP contribution is 2.08. The molecular formula is C9H13NO. The first kappa shape index (κ1) is 8.08. The molecule has 0 spiro atoms. The first-order chi connectivity index (χ1) is 5.33. The molecule has 0 radical (unpaired) electrons. The SMILES string of the molecule is COCNc1cccc(C)c1. The number of ether oxygens (including phenoxy) is 1. The van der Waals surface area contributed by atoms with E-state index in [1.807, 2.05) is 12.1 Å². The molecule has 60 valence electrons. The van der Waals surface area contributed by atoms with E-state index in [0.29, 0.717) is 6.73 Å². The van der Waals surface area contributed by atoms with Crippen LogP contribution in [0.4, 0.5) is 5.69 Å². The van der Waals surface area contributed by atoms with Crippen LogP contribution in [0, 0.1) is 6.92 Å². The van der Waals surface area contributed by atoms with Crippen LogP contribution < -0.4 is 5.32 Å². The summed E-state index contributed by atoms with van der Waals surface area (Å²) < 4.78 is 4.87. The largest absolute Gasteiger partial charge is 0.365 e. The van der Waals surface area contributed by atoms with Crippen LogP contribution in [0.1, 0.15) is 5.56 Å². The lowest BCUT2D eigenvalue weighted by Gasteiger charge is -2.04. The summed E-state index contributed by atoms with van der Waals surface area (Å²) in [5, 5.41) is 3.11. The second kappa shape index (κ2) is 3.98. The monoisotopic (exact) mass is 151 g/mol. The Bertz CT molecular complexity index is 223. The molecule has 0 bridgehead atoms. The summed E-state index contributed by atoms with van der Waals surface area (Å²) in [5.74, 6) is 0. The summed E-state index contributed by atoms with van der Waals surface area (Å²) in [6, 6.07) is 8.19. The summed E-state index contributed by atoms with van der Waals surface area (Å²) in [4.78, 5) is 0. The van der Waals surface area contributed by atoms with Crippen molar-refractivity contribution in [3.63, 3.8) is 0 Å². The predicted molar refractivity (Wildman–Crippen MR) is 46.7 cm³/mol. The lowest BCUT2D eigenvalue weighted by Crippen LogP contribution is -2.02. The third-order valence-electron chi connectivity index (χ3n) is 1.44. The molecule has 2 nitrogen and oxygen atoms in total. The van der Waals surface area contributed by atoms with Crippen LogP contribution in [-0.2, 0) is 4.74 Å². The van der Waals surface area contributed by atoms with Gasteiger partial charge in [0, 0.05) is 12.8 Å². The van der Waals surface area contributed by atoms with Crippen LogP contribution >= 0.6 is 0 Å². The van der Waals surface area contributed by atoms with E-state index < -0.39 is 0 Å². The van der Waals surface area contributed by atoms with Crippen LogP contribution in [0.15, 0.2) is 24.3 Å². The second-order valence-electron chi connectivity index (χ2n) is 2.48. The molecule has 1 aromatic carbocycles. The maximum Gasteiger partial charge on any atom is 0.116 e. The maximum atomic E-state index is 4.87. The molecule has 0 atom stereocenters. The van der Waals surface area contributed by atoms with Crippen molar-refractivity contribution in [2.75, 3.05) is 19.2 Å².